The summed E-state index contributed by atoms with van der Waals surface area (Å²) in [6.07, 6.45) is 1.50. The van der Waals surface area contributed by atoms with Gasteiger partial charge < -0.3 is 14.6 Å². The number of amides is 1. The van der Waals surface area contributed by atoms with E-state index in [1.54, 1.807) is 25.3 Å². The molecule has 0 saturated heterocycles. The molecule has 0 atom stereocenters. The van der Waals surface area contributed by atoms with Crippen molar-refractivity contribution in [1.82, 2.24) is 5.43 Å². The Kier molecular flexibility index (Phi) is 6.42. The number of ether oxygens (including phenoxy) is 2. The highest BCUT2D eigenvalue weighted by Gasteiger charge is 2.11. The van der Waals surface area contributed by atoms with E-state index in [1.807, 2.05) is 13.0 Å². The molecule has 0 aromatic heterocycles. The van der Waals surface area contributed by atoms with Crippen molar-refractivity contribution in [2.24, 2.45) is 5.10 Å². The lowest BCUT2D eigenvalue weighted by molar-refractivity contribution is 0.0952. The summed E-state index contributed by atoms with van der Waals surface area (Å²) in [4.78, 5) is 12.0. The van der Waals surface area contributed by atoms with Gasteiger partial charge in [0.1, 0.15) is 5.75 Å². The van der Waals surface area contributed by atoms with Gasteiger partial charge in [0.05, 0.1) is 29.1 Å². The summed E-state index contributed by atoms with van der Waals surface area (Å²) in [7, 11) is 1.58. The fourth-order valence-electron chi connectivity index (χ4n) is 2.01. The van der Waals surface area contributed by atoms with Crippen molar-refractivity contribution in [2.45, 2.75) is 6.92 Å². The molecule has 0 saturated carbocycles. The van der Waals surface area contributed by atoms with Crippen LogP contribution in [0.5, 0.6) is 17.2 Å². The van der Waals surface area contributed by atoms with Gasteiger partial charge in [-0.15, -0.1) is 0 Å². The van der Waals surface area contributed by atoms with Gasteiger partial charge >= 0.3 is 0 Å². The third-order valence-electron chi connectivity index (χ3n) is 3.06. The maximum atomic E-state index is 12.0. The number of halogens is 1. The minimum atomic E-state index is -0.488. The molecule has 2 N–H and O–H groups in total. The van der Waals surface area contributed by atoms with E-state index in [0.717, 1.165) is 9.13 Å². The van der Waals surface area contributed by atoms with Gasteiger partial charge in [-0.2, -0.15) is 5.10 Å². The molecule has 2 aromatic rings. The number of para-hydroxylation sites is 1. The Balaban J connectivity index is 2.14. The van der Waals surface area contributed by atoms with E-state index in [4.69, 9.17) is 9.47 Å². The van der Waals surface area contributed by atoms with Crippen LogP contribution in [0.3, 0.4) is 0 Å². The van der Waals surface area contributed by atoms with Crippen molar-refractivity contribution in [3.05, 3.63) is 51.1 Å². The average molecular weight is 440 g/mol. The quantitative estimate of drug-likeness (QED) is 0.411. The van der Waals surface area contributed by atoms with Crippen molar-refractivity contribution >= 4 is 34.7 Å². The van der Waals surface area contributed by atoms with Crippen LogP contribution in [0, 0.1) is 3.57 Å². The molecular weight excluding hydrogens is 423 g/mol. The molecule has 24 heavy (non-hydrogen) atoms. The van der Waals surface area contributed by atoms with Crippen LogP contribution in [-0.4, -0.2) is 30.9 Å². The minimum Gasteiger partial charge on any atom is -0.507 e. The molecule has 1 amide bonds. The van der Waals surface area contributed by atoms with Crippen molar-refractivity contribution in [2.75, 3.05) is 13.7 Å². The largest absolute Gasteiger partial charge is 0.507 e. The van der Waals surface area contributed by atoms with E-state index < -0.39 is 5.91 Å². The van der Waals surface area contributed by atoms with Crippen LogP contribution in [0.2, 0.25) is 0 Å². The van der Waals surface area contributed by atoms with Gasteiger partial charge in [-0.25, -0.2) is 5.43 Å². The Hall–Kier alpha value is -2.29. The number of hydrogen-bond acceptors (Lipinski definition) is 5. The molecule has 0 bridgehead atoms. The summed E-state index contributed by atoms with van der Waals surface area (Å²) in [6.45, 7) is 2.40. The number of hydrazone groups is 1. The smallest absolute Gasteiger partial charge is 0.275 e. The van der Waals surface area contributed by atoms with Crippen LogP contribution >= 0.6 is 22.6 Å². The molecule has 0 aliphatic heterocycles. The maximum absolute atomic E-state index is 12.0. The van der Waals surface area contributed by atoms with Gasteiger partial charge in [0, 0.05) is 0 Å². The van der Waals surface area contributed by atoms with E-state index in [0.29, 0.717) is 18.1 Å². The predicted octanol–water partition coefficient (Wildman–Crippen LogP) is 3.17. The lowest BCUT2D eigenvalue weighted by Crippen LogP contribution is -2.17. The first kappa shape index (κ1) is 18.1. The van der Waals surface area contributed by atoms with E-state index in [-0.39, 0.29) is 11.3 Å². The van der Waals surface area contributed by atoms with Crippen LogP contribution in [0.1, 0.15) is 22.8 Å². The van der Waals surface area contributed by atoms with Crippen molar-refractivity contribution in [1.29, 1.82) is 0 Å². The number of nitrogens with one attached hydrogen (secondary N) is 1. The molecule has 0 fully saturated rings. The lowest BCUT2D eigenvalue weighted by Gasteiger charge is -2.11. The number of hydrogen-bond donors (Lipinski definition) is 2. The maximum Gasteiger partial charge on any atom is 0.275 e. The zero-order valence-electron chi connectivity index (χ0n) is 13.2. The molecule has 0 heterocycles. The van der Waals surface area contributed by atoms with E-state index >= 15 is 0 Å². The second-order valence-electron chi connectivity index (χ2n) is 4.68. The van der Waals surface area contributed by atoms with Crippen molar-refractivity contribution < 1.29 is 19.4 Å². The predicted molar refractivity (Wildman–Crippen MR) is 100 cm³/mol. The third kappa shape index (κ3) is 4.38. The van der Waals surface area contributed by atoms with Crippen LogP contribution in [-0.2, 0) is 0 Å². The van der Waals surface area contributed by atoms with E-state index in [1.165, 1.54) is 18.3 Å². The molecule has 0 radical (unpaired) electrons. The Morgan fingerprint density at radius 1 is 1.38 bits per heavy atom. The summed E-state index contributed by atoms with van der Waals surface area (Å²) >= 11 is 2.14. The Morgan fingerprint density at radius 2 is 2.12 bits per heavy atom. The number of methoxy groups -OCH3 is 1. The molecular formula is C17H17IN2O4. The average Bonchev–Trinajstić information content (AvgIpc) is 2.55. The van der Waals surface area contributed by atoms with Gasteiger partial charge in [0.15, 0.2) is 11.5 Å². The molecule has 0 aliphatic rings. The Morgan fingerprint density at radius 3 is 2.79 bits per heavy atom. The number of nitrogens with zero attached hydrogens (tertiary/aromatic N) is 1. The number of phenols is 1. The van der Waals surface area contributed by atoms with Gasteiger partial charge in [0.2, 0.25) is 0 Å². The van der Waals surface area contributed by atoms with Crippen molar-refractivity contribution in [3.8, 4) is 17.2 Å². The lowest BCUT2D eigenvalue weighted by atomic mass is 10.2. The number of carbonyl (C=O) groups is 1. The van der Waals surface area contributed by atoms with Gasteiger partial charge in [-0.3, -0.25) is 4.79 Å². The molecule has 6 nitrogen and oxygen atoms in total. The SMILES string of the molecule is CCOc1cc(/C=N\NC(=O)c2ccccc2O)cc(I)c1OC. The molecule has 2 aromatic carbocycles. The van der Waals surface area contributed by atoms with Crippen LogP contribution in [0.15, 0.2) is 41.5 Å². The van der Waals surface area contributed by atoms with Crippen LogP contribution in [0.25, 0.3) is 0 Å². The summed E-state index contributed by atoms with van der Waals surface area (Å²) in [5, 5.41) is 13.6. The summed E-state index contributed by atoms with van der Waals surface area (Å²) in [5.41, 5.74) is 3.30. The highest BCUT2D eigenvalue weighted by atomic mass is 127. The fraction of sp³-hybridized carbons (Fsp3) is 0.176. The number of rotatable bonds is 6. The minimum absolute atomic E-state index is 0.0946. The van der Waals surface area contributed by atoms with Crippen LogP contribution in [0.4, 0.5) is 0 Å². The zero-order chi connectivity index (χ0) is 17.5. The van der Waals surface area contributed by atoms with Crippen molar-refractivity contribution in [3.63, 3.8) is 0 Å². The zero-order valence-corrected chi connectivity index (χ0v) is 15.4. The molecule has 0 spiro atoms. The fourth-order valence-corrected chi connectivity index (χ4v) is 2.86. The second kappa shape index (κ2) is 8.53. The first-order chi connectivity index (χ1) is 11.6. The molecule has 7 heteroatoms. The van der Waals surface area contributed by atoms with E-state index in [2.05, 4.69) is 33.1 Å². The standard InChI is InChI=1S/C17H17IN2O4/c1-3-24-15-9-11(8-13(18)16(15)23-2)10-19-20-17(22)12-6-4-5-7-14(12)21/h4-10,21H,3H2,1-2H3,(H,20,22)/b19-10-. The Bertz CT molecular complexity index is 762. The topological polar surface area (TPSA) is 80.2 Å². The summed E-state index contributed by atoms with van der Waals surface area (Å²) in [5.74, 6) is 0.689. The molecule has 126 valence electrons. The third-order valence-corrected chi connectivity index (χ3v) is 3.87. The number of carbonyl (C=O) groups excluding carboxylic acids is 1. The summed E-state index contributed by atoms with van der Waals surface area (Å²) in [6, 6.07) is 9.91. The van der Waals surface area contributed by atoms with Gasteiger partial charge in [-0.05, 0) is 59.3 Å². The second-order valence-corrected chi connectivity index (χ2v) is 5.85. The molecule has 0 unspecified atom stereocenters. The van der Waals surface area contributed by atoms with Crippen LogP contribution < -0.4 is 14.9 Å². The highest BCUT2D eigenvalue weighted by molar-refractivity contribution is 14.1. The van der Waals surface area contributed by atoms with Gasteiger partial charge in [-0.1, -0.05) is 12.1 Å². The number of phenolic OH excluding ortho intramolecular Hbond substituents is 1. The first-order valence-corrected chi connectivity index (χ1v) is 8.26. The first-order valence-electron chi connectivity index (χ1n) is 7.18. The van der Waals surface area contributed by atoms with Gasteiger partial charge in [0.25, 0.3) is 5.91 Å². The number of benzene rings is 2. The van der Waals surface area contributed by atoms with E-state index in [9.17, 15) is 9.90 Å². The molecule has 2 rings (SSSR count). The highest BCUT2D eigenvalue weighted by Crippen LogP contribution is 2.33. The normalized spacial score (nSPS) is 10.6. The monoisotopic (exact) mass is 440 g/mol. The number of aromatic hydroxyl groups is 1. The molecule has 0 aliphatic carbocycles. The Labute approximate surface area is 153 Å². The summed E-state index contributed by atoms with van der Waals surface area (Å²) < 4.78 is 11.7.